The molecule has 7 heteroatoms. The molecule has 1 rings (SSSR count). The lowest BCUT2D eigenvalue weighted by molar-refractivity contribution is -0.156. The second-order valence-electron chi connectivity index (χ2n) is 5.24. The molecule has 0 spiro atoms. The first-order chi connectivity index (χ1) is 8.51. The van der Waals surface area contributed by atoms with E-state index in [0.29, 0.717) is 0 Å². The highest BCUT2D eigenvalue weighted by molar-refractivity contribution is 7.91. The number of ether oxygens (including phenoxy) is 1. The lowest BCUT2D eigenvalue weighted by atomic mass is 10.2. The molecule has 1 atom stereocenters. The number of hydrogen-bond acceptors (Lipinski definition) is 5. The zero-order valence-electron chi connectivity index (χ0n) is 11.7. The molecule has 0 saturated heterocycles. The summed E-state index contributed by atoms with van der Waals surface area (Å²) >= 11 is 1.16. The largest absolute Gasteiger partial charge is 0.459 e. The molecule has 0 aromatic carbocycles. The molecule has 0 aliphatic heterocycles. The van der Waals surface area contributed by atoms with Crippen molar-refractivity contribution in [1.82, 2.24) is 4.72 Å². The summed E-state index contributed by atoms with van der Waals surface area (Å²) in [5.74, 6) is -0.593. The van der Waals surface area contributed by atoms with Gasteiger partial charge >= 0.3 is 5.97 Å². The number of hydrogen-bond donors (Lipinski definition) is 1. The van der Waals surface area contributed by atoms with Crippen molar-refractivity contribution in [3.63, 3.8) is 0 Å². The number of aryl methyl sites for hydroxylation is 1. The molecule has 0 aliphatic carbocycles. The standard InChI is InChI=1S/C12H19NO4S2/c1-8-6-7-10(18-8)19(15,16)13-9(2)11(14)17-12(3,4)5/h6-7,9,13H,1-5H3/t9-/m0/s1. The summed E-state index contributed by atoms with van der Waals surface area (Å²) in [7, 11) is -3.67. The van der Waals surface area contributed by atoms with E-state index in [1.807, 2.05) is 6.92 Å². The van der Waals surface area contributed by atoms with Gasteiger partial charge in [-0.25, -0.2) is 8.42 Å². The van der Waals surface area contributed by atoms with Crippen LogP contribution in [-0.2, 0) is 19.6 Å². The molecule has 108 valence electrons. The quantitative estimate of drug-likeness (QED) is 0.864. The highest BCUT2D eigenvalue weighted by Crippen LogP contribution is 2.20. The number of carbonyl (C=O) groups excluding carboxylic acids is 1. The number of thiophene rings is 1. The van der Waals surface area contributed by atoms with Crippen molar-refractivity contribution in [3.05, 3.63) is 17.0 Å². The topological polar surface area (TPSA) is 72.5 Å². The minimum atomic E-state index is -3.67. The molecule has 0 fully saturated rings. The van der Waals surface area contributed by atoms with Crippen molar-refractivity contribution in [2.45, 2.75) is 50.5 Å². The fraction of sp³-hybridized carbons (Fsp3) is 0.583. The van der Waals surface area contributed by atoms with Gasteiger partial charge in [0, 0.05) is 4.88 Å². The summed E-state index contributed by atoms with van der Waals surface area (Å²) in [5, 5.41) is 0. The van der Waals surface area contributed by atoms with Crippen LogP contribution in [-0.4, -0.2) is 26.0 Å². The molecule has 0 amide bonds. The van der Waals surface area contributed by atoms with Gasteiger partial charge in [0.2, 0.25) is 0 Å². The first-order valence-electron chi connectivity index (χ1n) is 5.83. The molecular formula is C12H19NO4S2. The van der Waals surface area contributed by atoms with Gasteiger partial charge in [-0.15, -0.1) is 11.3 Å². The molecule has 5 nitrogen and oxygen atoms in total. The third-order valence-electron chi connectivity index (χ3n) is 2.07. The van der Waals surface area contributed by atoms with Crippen LogP contribution in [0.4, 0.5) is 0 Å². The van der Waals surface area contributed by atoms with E-state index in [1.165, 1.54) is 13.0 Å². The Hall–Kier alpha value is -0.920. The predicted molar refractivity (Wildman–Crippen MR) is 74.7 cm³/mol. The molecule has 1 aromatic rings. The zero-order chi connectivity index (χ0) is 14.8. The van der Waals surface area contributed by atoms with Gasteiger partial charge in [0.25, 0.3) is 10.0 Å². The number of nitrogens with one attached hydrogen (secondary N) is 1. The molecule has 0 aliphatic rings. The molecule has 1 heterocycles. The van der Waals surface area contributed by atoms with Crippen LogP contribution in [0.5, 0.6) is 0 Å². The fourth-order valence-corrected chi connectivity index (χ4v) is 3.78. The van der Waals surface area contributed by atoms with Gasteiger partial charge in [-0.1, -0.05) is 0 Å². The smallest absolute Gasteiger partial charge is 0.324 e. The van der Waals surface area contributed by atoms with E-state index < -0.39 is 27.6 Å². The van der Waals surface area contributed by atoms with E-state index in [4.69, 9.17) is 4.74 Å². The van der Waals surface area contributed by atoms with Crippen molar-refractivity contribution in [2.75, 3.05) is 0 Å². The maximum atomic E-state index is 12.0. The highest BCUT2D eigenvalue weighted by atomic mass is 32.2. The highest BCUT2D eigenvalue weighted by Gasteiger charge is 2.27. The minimum absolute atomic E-state index is 0.195. The summed E-state index contributed by atoms with van der Waals surface area (Å²) in [5.41, 5.74) is -0.643. The van der Waals surface area contributed by atoms with Gasteiger partial charge < -0.3 is 4.74 Å². The number of sulfonamides is 1. The third kappa shape index (κ3) is 4.93. The Morgan fingerprint density at radius 1 is 1.37 bits per heavy atom. The van der Waals surface area contributed by atoms with Crippen molar-refractivity contribution >= 4 is 27.3 Å². The molecule has 0 radical (unpaired) electrons. The first-order valence-corrected chi connectivity index (χ1v) is 8.13. The average molecular weight is 305 g/mol. The van der Waals surface area contributed by atoms with Crippen LogP contribution in [0.2, 0.25) is 0 Å². The van der Waals surface area contributed by atoms with Crippen molar-refractivity contribution in [2.24, 2.45) is 0 Å². The Balaban J connectivity index is 2.76. The van der Waals surface area contributed by atoms with Gasteiger partial charge in [-0.2, -0.15) is 4.72 Å². The summed E-state index contributed by atoms with van der Waals surface area (Å²) in [6.45, 7) is 8.48. The molecule has 1 N–H and O–H groups in total. The van der Waals surface area contributed by atoms with E-state index in [-0.39, 0.29) is 4.21 Å². The lowest BCUT2D eigenvalue weighted by Crippen LogP contribution is -2.41. The summed E-state index contributed by atoms with van der Waals surface area (Å²) in [6.07, 6.45) is 0. The van der Waals surface area contributed by atoms with Crippen LogP contribution in [0.15, 0.2) is 16.3 Å². The number of rotatable bonds is 4. The molecule has 0 saturated carbocycles. The average Bonchev–Trinajstić information content (AvgIpc) is 2.62. The van der Waals surface area contributed by atoms with Crippen molar-refractivity contribution in [3.8, 4) is 0 Å². The van der Waals surface area contributed by atoms with Gasteiger partial charge in [0.05, 0.1) is 0 Å². The van der Waals surface area contributed by atoms with E-state index in [0.717, 1.165) is 16.2 Å². The molecule has 0 bridgehead atoms. The molecule has 1 aromatic heterocycles. The molecular weight excluding hydrogens is 286 g/mol. The van der Waals surface area contributed by atoms with Crippen LogP contribution < -0.4 is 4.72 Å². The van der Waals surface area contributed by atoms with E-state index in [2.05, 4.69) is 4.72 Å². The second kappa shape index (κ2) is 5.60. The maximum Gasteiger partial charge on any atom is 0.324 e. The van der Waals surface area contributed by atoms with Crippen LogP contribution in [0.25, 0.3) is 0 Å². The Labute approximate surface area is 118 Å². The van der Waals surface area contributed by atoms with Crippen LogP contribution >= 0.6 is 11.3 Å². The van der Waals surface area contributed by atoms with Crippen LogP contribution in [0.1, 0.15) is 32.6 Å². The fourth-order valence-electron chi connectivity index (χ4n) is 1.29. The number of carbonyl (C=O) groups is 1. The van der Waals surface area contributed by atoms with Crippen molar-refractivity contribution < 1.29 is 17.9 Å². The van der Waals surface area contributed by atoms with Gasteiger partial charge in [-0.3, -0.25) is 4.79 Å². The molecule has 0 unspecified atom stereocenters. The third-order valence-corrected chi connectivity index (χ3v) is 5.11. The summed E-state index contributed by atoms with van der Waals surface area (Å²) in [4.78, 5) is 12.6. The Morgan fingerprint density at radius 3 is 2.37 bits per heavy atom. The zero-order valence-corrected chi connectivity index (χ0v) is 13.3. The van der Waals surface area contributed by atoms with Gasteiger partial charge in [0.15, 0.2) is 0 Å². The van der Waals surface area contributed by atoms with Crippen LogP contribution in [0, 0.1) is 6.92 Å². The number of esters is 1. The Bertz CT molecular complexity index is 555. The predicted octanol–water partition coefficient (Wildman–Crippen LogP) is 2.07. The minimum Gasteiger partial charge on any atom is -0.459 e. The molecule has 19 heavy (non-hydrogen) atoms. The Morgan fingerprint density at radius 2 is 1.95 bits per heavy atom. The van der Waals surface area contributed by atoms with E-state index in [9.17, 15) is 13.2 Å². The van der Waals surface area contributed by atoms with Gasteiger partial charge in [-0.05, 0) is 46.8 Å². The van der Waals surface area contributed by atoms with E-state index in [1.54, 1.807) is 26.8 Å². The van der Waals surface area contributed by atoms with Crippen LogP contribution in [0.3, 0.4) is 0 Å². The normalized spacial score (nSPS) is 14.2. The summed E-state index contributed by atoms with van der Waals surface area (Å²) < 4.78 is 31.7. The maximum absolute atomic E-state index is 12.0. The summed E-state index contributed by atoms with van der Waals surface area (Å²) in [6, 6.07) is 2.31. The van der Waals surface area contributed by atoms with E-state index >= 15 is 0 Å². The first kappa shape index (κ1) is 16.1. The van der Waals surface area contributed by atoms with Crippen molar-refractivity contribution in [1.29, 1.82) is 0 Å². The second-order valence-corrected chi connectivity index (χ2v) is 8.47. The monoisotopic (exact) mass is 305 g/mol. The van der Waals surface area contributed by atoms with Gasteiger partial charge in [0.1, 0.15) is 15.9 Å². The Kier molecular flexibility index (Phi) is 4.76. The lowest BCUT2D eigenvalue weighted by Gasteiger charge is -2.22. The SMILES string of the molecule is Cc1ccc(S(=O)(=O)N[C@@H](C)C(=O)OC(C)(C)C)s1.